The van der Waals surface area contributed by atoms with Gasteiger partial charge in [-0.1, -0.05) is 11.6 Å². The third kappa shape index (κ3) is 3.38. The van der Waals surface area contributed by atoms with E-state index in [4.69, 9.17) is 16.3 Å². The first-order valence-electron chi connectivity index (χ1n) is 8.05. The second kappa shape index (κ2) is 7.04. The zero-order valence-corrected chi connectivity index (χ0v) is 15.0. The van der Waals surface area contributed by atoms with Crippen molar-refractivity contribution in [1.29, 1.82) is 0 Å². The van der Waals surface area contributed by atoms with Gasteiger partial charge in [0.25, 0.3) is 5.91 Å². The Bertz CT molecular complexity index is 741. The van der Waals surface area contributed by atoms with E-state index >= 15 is 0 Å². The Morgan fingerprint density at radius 3 is 2.88 bits per heavy atom. The number of nitrogens with zero attached hydrogens (tertiary/aromatic N) is 5. The molecule has 1 aliphatic heterocycles. The summed E-state index contributed by atoms with van der Waals surface area (Å²) in [6, 6.07) is 0.249. The molecule has 1 atom stereocenters. The first kappa shape index (κ1) is 17.1. The Balaban J connectivity index is 1.74. The summed E-state index contributed by atoms with van der Waals surface area (Å²) >= 11 is 6.31. The number of hydrogen-bond acceptors (Lipinski definition) is 5. The highest BCUT2D eigenvalue weighted by atomic mass is 35.5. The number of carbonyl (C=O) groups excluding carboxylic acids is 1. The van der Waals surface area contributed by atoms with E-state index in [9.17, 15) is 4.79 Å². The van der Waals surface area contributed by atoms with E-state index in [1.807, 2.05) is 6.92 Å². The van der Waals surface area contributed by atoms with Crippen molar-refractivity contribution in [3.8, 4) is 0 Å². The van der Waals surface area contributed by atoms with Crippen molar-refractivity contribution in [2.45, 2.75) is 19.9 Å². The Hall–Kier alpha value is -1.70. The molecule has 1 saturated heterocycles. The molecular weight excluding hydrogens is 330 g/mol. The summed E-state index contributed by atoms with van der Waals surface area (Å²) in [4.78, 5) is 21.0. The lowest BCUT2D eigenvalue weighted by molar-refractivity contribution is 0.0142. The Morgan fingerprint density at radius 1 is 1.46 bits per heavy atom. The minimum atomic E-state index is -0.191. The lowest BCUT2D eigenvalue weighted by Gasteiger charge is -2.34. The van der Waals surface area contributed by atoms with Crippen LogP contribution >= 0.6 is 11.6 Å². The monoisotopic (exact) mass is 351 g/mol. The molecule has 1 amide bonds. The number of aromatic nitrogens is 3. The second-order valence-corrected chi connectivity index (χ2v) is 6.62. The summed E-state index contributed by atoms with van der Waals surface area (Å²) in [5, 5.41) is 4.61. The molecule has 24 heavy (non-hydrogen) atoms. The van der Waals surface area contributed by atoms with Gasteiger partial charge in [0, 0.05) is 45.1 Å². The highest BCUT2D eigenvalue weighted by Crippen LogP contribution is 2.21. The van der Waals surface area contributed by atoms with Crippen molar-refractivity contribution in [2.75, 3.05) is 39.9 Å². The Morgan fingerprint density at radius 2 is 2.17 bits per heavy atom. The third-order valence-corrected chi connectivity index (χ3v) is 4.65. The normalized spacial score (nSPS) is 17.2. The van der Waals surface area contributed by atoms with Crippen LogP contribution in [-0.4, -0.2) is 76.2 Å². The van der Waals surface area contributed by atoms with E-state index in [1.54, 1.807) is 28.9 Å². The van der Waals surface area contributed by atoms with Crippen molar-refractivity contribution >= 4 is 23.2 Å². The molecule has 0 spiro atoms. The number of rotatable bonds is 4. The first-order chi connectivity index (χ1) is 11.5. The highest BCUT2D eigenvalue weighted by molar-refractivity contribution is 6.36. The van der Waals surface area contributed by atoms with Gasteiger partial charge >= 0.3 is 0 Å². The summed E-state index contributed by atoms with van der Waals surface area (Å²) in [7, 11) is 1.78. The van der Waals surface area contributed by atoms with Crippen LogP contribution in [0, 0.1) is 6.92 Å². The Kier molecular flexibility index (Phi) is 5.03. The number of hydrogen-bond donors (Lipinski definition) is 0. The van der Waals surface area contributed by atoms with Crippen molar-refractivity contribution in [2.24, 2.45) is 0 Å². The zero-order valence-electron chi connectivity index (χ0n) is 14.2. The molecule has 0 aromatic carbocycles. The fourth-order valence-corrected chi connectivity index (χ4v) is 3.18. The van der Waals surface area contributed by atoms with Crippen LogP contribution in [0.15, 0.2) is 12.4 Å². The lowest BCUT2D eigenvalue weighted by Crippen LogP contribution is -2.47. The van der Waals surface area contributed by atoms with Gasteiger partial charge < -0.3 is 9.64 Å². The molecule has 7 nitrogen and oxygen atoms in total. The summed E-state index contributed by atoms with van der Waals surface area (Å²) in [6.07, 6.45) is 3.52. The first-order valence-corrected chi connectivity index (χ1v) is 8.43. The van der Waals surface area contributed by atoms with Crippen LogP contribution in [0.5, 0.6) is 0 Å². The van der Waals surface area contributed by atoms with Crippen molar-refractivity contribution in [3.05, 3.63) is 28.7 Å². The molecule has 2 aromatic heterocycles. The number of halogens is 1. The zero-order chi connectivity index (χ0) is 17.3. The van der Waals surface area contributed by atoms with Crippen LogP contribution in [0.25, 0.3) is 5.65 Å². The molecule has 0 aliphatic carbocycles. The maximum atomic E-state index is 12.7. The van der Waals surface area contributed by atoms with E-state index < -0.39 is 0 Å². The number of ether oxygens (including phenoxy) is 1. The van der Waals surface area contributed by atoms with E-state index in [2.05, 4.69) is 21.9 Å². The molecule has 0 radical (unpaired) electrons. The maximum Gasteiger partial charge on any atom is 0.275 e. The standard InChI is InChI=1S/C16H22ClN5O2/c1-11-8-18-15-13(17)14(19-22(15)9-11)16(23)20(3)10-12(2)21-4-6-24-7-5-21/h8-9,12H,4-7,10H2,1-3H3. The van der Waals surface area contributed by atoms with E-state index in [1.165, 1.54) is 0 Å². The van der Waals surface area contributed by atoms with Crippen molar-refractivity contribution in [3.63, 3.8) is 0 Å². The molecule has 3 heterocycles. The number of carbonyl (C=O) groups is 1. The summed E-state index contributed by atoms with van der Waals surface area (Å²) in [5.74, 6) is -0.191. The van der Waals surface area contributed by atoms with Gasteiger partial charge in [-0.25, -0.2) is 9.50 Å². The van der Waals surface area contributed by atoms with Gasteiger partial charge in [-0.05, 0) is 19.4 Å². The number of aryl methyl sites for hydroxylation is 1. The van der Waals surface area contributed by atoms with Gasteiger partial charge in [-0.3, -0.25) is 9.69 Å². The Labute approximate surface area is 146 Å². The number of fused-ring (bicyclic) bond motifs is 1. The molecule has 1 fully saturated rings. The second-order valence-electron chi connectivity index (χ2n) is 6.25. The molecule has 1 unspecified atom stereocenters. The van der Waals surface area contributed by atoms with Crippen molar-refractivity contribution in [1.82, 2.24) is 24.4 Å². The molecule has 1 aliphatic rings. The summed E-state index contributed by atoms with van der Waals surface area (Å²) in [5.41, 5.74) is 1.70. The summed E-state index contributed by atoms with van der Waals surface area (Å²) < 4.78 is 6.93. The summed E-state index contributed by atoms with van der Waals surface area (Å²) in [6.45, 7) is 7.90. The quantitative estimate of drug-likeness (QED) is 0.835. The fourth-order valence-electron chi connectivity index (χ4n) is 2.93. The minimum absolute atomic E-state index is 0.191. The average Bonchev–Trinajstić information content (AvgIpc) is 2.90. The molecule has 0 saturated carbocycles. The number of morpholine rings is 1. The fraction of sp³-hybridized carbons (Fsp3) is 0.562. The van der Waals surface area contributed by atoms with Gasteiger partial charge in [0.2, 0.25) is 0 Å². The van der Waals surface area contributed by atoms with E-state index in [0.29, 0.717) is 17.2 Å². The van der Waals surface area contributed by atoms with E-state index in [-0.39, 0.29) is 17.6 Å². The predicted octanol–water partition coefficient (Wildman–Crippen LogP) is 1.48. The van der Waals surface area contributed by atoms with Crippen LogP contribution in [0.1, 0.15) is 23.0 Å². The highest BCUT2D eigenvalue weighted by Gasteiger charge is 2.25. The van der Waals surface area contributed by atoms with Gasteiger partial charge in [0.15, 0.2) is 11.3 Å². The van der Waals surface area contributed by atoms with Crippen LogP contribution in [-0.2, 0) is 4.74 Å². The average molecular weight is 352 g/mol. The number of amides is 1. The van der Waals surface area contributed by atoms with Crippen LogP contribution in [0.4, 0.5) is 0 Å². The largest absolute Gasteiger partial charge is 0.379 e. The van der Waals surface area contributed by atoms with Crippen LogP contribution < -0.4 is 0 Å². The molecule has 0 N–H and O–H groups in total. The van der Waals surface area contributed by atoms with E-state index in [0.717, 1.165) is 31.9 Å². The smallest absolute Gasteiger partial charge is 0.275 e. The third-order valence-electron chi connectivity index (χ3n) is 4.30. The molecule has 0 bridgehead atoms. The molecule has 3 rings (SSSR count). The molecule has 8 heteroatoms. The van der Waals surface area contributed by atoms with Crippen LogP contribution in [0.3, 0.4) is 0 Å². The molecular formula is C16H22ClN5O2. The predicted molar refractivity (Wildman–Crippen MR) is 91.5 cm³/mol. The van der Waals surface area contributed by atoms with Crippen LogP contribution in [0.2, 0.25) is 5.02 Å². The lowest BCUT2D eigenvalue weighted by atomic mass is 10.2. The molecule has 2 aromatic rings. The van der Waals surface area contributed by atoms with Gasteiger partial charge in [-0.15, -0.1) is 0 Å². The SMILES string of the molecule is Cc1cnc2c(Cl)c(C(=O)N(C)CC(C)N3CCOCC3)nn2c1. The van der Waals surface area contributed by atoms with Crippen molar-refractivity contribution < 1.29 is 9.53 Å². The molecule has 130 valence electrons. The van der Waals surface area contributed by atoms with Gasteiger partial charge in [-0.2, -0.15) is 5.10 Å². The van der Waals surface area contributed by atoms with Gasteiger partial charge in [0.1, 0.15) is 5.02 Å². The van der Waals surface area contributed by atoms with Gasteiger partial charge in [0.05, 0.1) is 13.2 Å². The maximum absolute atomic E-state index is 12.7. The minimum Gasteiger partial charge on any atom is -0.379 e. The topological polar surface area (TPSA) is 63.0 Å². The number of likely N-dealkylation sites (N-methyl/N-ethyl adjacent to an activating group) is 1.